The van der Waals surface area contributed by atoms with Crippen molar-refractivity contribution in [1.82, 2.24) is 0 Å². The van der Waals surface area contributed by atoms with Gasteiger partial charge in [-0.1, -0.05) is 12.1 Å². The van der Waals surface area contributed by atoms with Crippen molar-refractivity contribution in [3.63, 3.8) is 0 Å². The molecule has 0 amide bonds. The van der Waals surface area contributed by atoms with Gasteiger partial charge < -0.3 is 18.0 Å². The van der Waals surface area contributed by atoms with E-state index in [0.29, 0.717) is 12.0 Å². The van der Waals surface area contributed by atoms with Crippen molar-refractivity contribution in [2.75, 3.05) is 27.9 Å². The summed E-state index contributed by atoms with van der Waals surface area (Å²) in [5.74, 6) is 0.586. The fourth-order valence-electron chi connectivity index (χ4n) is 3.49. The van der Waals surface area contributed by atoms with Crippen LogP contribution >= 0.6 is 0 Å². The van der Waals surface area contributed by atoms with Gasteiger partial charge in [0.2, 0.25) is 0 Å². The van der Waals surface area contributed by atoms with E-state index < -0.39 is 8.80 Å². The fraction of sp³-hybridized carbons (Fsp3) is 0.632. The minimum absolute atomic E-state index is 0.346. The topological polar surface area (TPSA) is 60.7 Å². The third-order valence-corrected chi connectivity index (χ3v) is 7.93. The minimum Gasteiger partial charge on any atom is -0.378 e. The number of hydrogen-bond donors (Lipinski definition) is 0. The molecule has 1 saturated carbocycles. The SMILES string of the molecule is CO[Si](CCCOC1CCC(c2ccc(C#N)cc2)CC1)(OC)OC. The second kappa shape index (κ2) is 10.0. The van der Waals surface area contributed by atoms with Gasteiger partial charge in [-0.25, -0.2) is 0 Å². The Bertz CT molecular complexity index is 537. The summed E-state index contributed by atoms with van der Waals surface area (Å²) in [4.78, 5) is 0. The molecule has 6 heteroatoms. The molecule has 0 N–H and O–H groups in total. The Morgan fingerprint density at radius 2 is 1.60 bits per heavy atom. The van der Waals surface area contributed by atoms with Gasteiger partial charge in [0.25, 0.3) is 0 Å². The summed E-state index contributed by atoms with van der Waals surface area (Å²) in [5, 5.41) is 8.89. The molecule has 1 fully saturated rings. The summed E-state index contributed by atoms with van der Waals surface area (Å²) in [6, 6.07) is 11.0. The molecular formula is C19H29NO4Si. The Kier molecular flexibility index (Phi) is 8.07. The standard InChI is InChI=1S/C19H29NO4Si/c1-21-25(22-2,23-3)14-4-13-24-19-11-9-18(10-12-19)17-7-5-16(15-20)6-8-17/h5-8,18-19H,4,9-14H2,1-3H3. The predicted octanol–water partition coefficient (Wildman–Crippen LogP) is 3.87. The molecule has 0 unspecified atom stereocenters. The quantitative estimate of drug-likeness (QED) is 0.492. The molecule has 2 rings (SSSR count). The van der Waals surface area contributed by atoms with Crippen molar-refractivity contribution in [3.8, 4) is 6.07 Å². The third kappa shape index (κ3) is 5.63. The molecule has 0 heterocycles. The van der Waals surface area contributed by atoms with Crippen molar-refractivity contribution >= 4 is 8.80 Å². The summed E-state index contributed by atoms with van der Waals surface area (Å²) in [5.41, 5.74) is 2.07. The Labute approximate surface area is 152 Å². The van der Waals surface area contributed by atoms with E-state index in [-0.39, 0.29) is 0 Å². The number of nitrogens with zero attached hydrogens (tertiary/aromatic N) is 1. The molecule has 138 valence electrons. The van der Waals surface area contributed by atoms with Gasteiger partial charge in [-0.2, -0.15) is 5.26 Å². The average Bonchev–Trinajstić information content (AvgIpc) is 2.69. The Balaban J connectivity index is 1.69. The number of ether oxygens (including phenoxy) is 1. The van der Waals surface area contributed by atoms with E-state index in [2.05, 4.69) is 18.2 Å². The van der Waals surface area contributed by atoms with Crippen LogP contribution in [-0.2, 0) is 18.0 Å². The van der Waals surface area contributed by atoms with Crippen LogP contribution in [0, 0.1) is 11.3 Å². The second-order valence-corrected chi connectivity index (χ2v) is 9.57. The number of nitriles is 1. The van der Waals surface area contributed by atoms with Crippen molar-refractivity contribution in [3.05, 3.63) is 35.4 Å². The van der Waals surface area contributed by atoms with Gasteiger partial charge in [0, 0.05) is 34.0 Å². The van der Waals surface area contributed by atoms with Crippen LogP contribution < -0.4 is 0 Å². The van der Waals surface area contributed by atoms with Crippen LogP contribution in [0.5, 0.6) is 0 Å². The van der Waals surface area contributed by atoms with E-state index in [0.717, 1.165) is 50.3 Å². The molecule has 1 aliphatic rings. The highest BCUT2D eigenvalue weighted by atomic mass is 28.4. The lowest BCUT2D eigenvalue weighted by molar-refractivity contribution is 0.0225. The van der Waals surface area contributed by atoms with Crippen LogP contribution in [0.1, 0.15) is 49.1 Å². The van der Waals surface area contributed by atoms with Crippen LogP contribution in [0.2, 0.25) is 6.04 Å². The van der Waals surface area contributed by atoms with Crippen LogP contribution in [0.15, 0.2) is 24.3 Å². The zero-order valence-corrected chi connectivity index (χ0v) is 16.5. The molecule has 0 radical (unpaired) electrons. The highest BCUT2D eigenvalue weighted by molar-refractivity contribution is 6.60. The number of rotatable bonds is 9. The molecular weight excluding hydrogens is 334 g/mol. The van der Waals surface area contributed by atoms with Gasteiger partial charge in [-0.3, -0.25) is 0 Å². The van der Waals surface area contributed by atoms with Crippen LogP contribution in [-0.4, -0.2) is 42.8 Å². The fourth-order valence-corrected chi connectivity index (χ4v) is 5.18. The average molecular weight is 364 g/mol. The van der Waals surface area contributed by atoms with E-state index in [4.69, 9.17) is 23.3 Å². The molecule has 25 heavy (non-hydrogen) atoms. The van der Waals surface area contributed by atoms with Crippen LogP contribution in [0.3, 0.4) is 0 Å². The molecule has 1 aliphatic carbocycles. The molecule has 0 aliphatic heterocycles. The van der Waals surface area contributed by atoms with Gasteiger partial charge in [0.1, 0.15) is 0 Å². The highest BCUT2D eigenvalue weighted by Gasteiger charge is 2.37. The van der Waals surface area contributed by atoms with Gasteiger partial charge >= 0.3 is 8.80 Å². The minimum atomic E-state index is -2.47. The smallest absolute Gasteiger partial charge is 0.378 e. The Hall–Kier alpha value is -1.23. The van der Waals surface area contributed by atoms with E-state index in [1.165, 1.54) is 5.56 Å². The monoisotopic (exact) mass is 363 g/mol. The lowest BCUT2D eigenvalue weighted by Gasteiger charge is -2.29. The lowest BCUT2D eigenvalue weighted by Crippen LogP contribution is -2.42. The third-order valence-electron chi connectivity index (χ3n) is 5.10. The predicted molar refractivity (Wildman–Crippen MR) is 98.3 cm³/mol. The van der Waals surface area contributed by atoms with Crippen LogP contribution in [0.4, 0.5) is 0 Å². The van der Waals surface area contributed by atoms with Crippen molar-refractivity contribution in [2.24, 2.45) is 0 Å². The maximum atomic E-state index is 8.89. The van der Waals surface area contributed by atoms with E-state index in [1.54, 1.807) is 21.3 Å². The highest BCUT2D eigenvalue weighted by Crippen LogP contribution is 2.34. The second-order valence-electron chi connectivity index (χ2n) is 6.48. The van der Waals surface area contributed by atoms with Crippen LogP contribution in [0.25, 0.3) is 0 Å². The lowest BCUT2D eigenvalue weighted by atomic mass is 9.82. The number of benzene rings is 1. The molecule has 1 aromatic rings. The van der Waals surface area contributed by atoms with Crippen molar-refractivity contribution in [2.45, 2.75) is 50.2 Å². The summed E-state index contributed by atoms with van der Waals surface area (Å²) < 4.78 is 22.3. The first-order valence-electron chi connectivity index (χ1n) is 8.93. The van der Waals surface area contributed by atoms with Crippen molar-refractivity contribution in [1.29, 1.82) is 5.26 Å². The van der Waals surface area contributed by atoms with E-state index >= 15 is 0 Å². The molecule has 0 atom stereocenters. The Morgan fingerprint density at radius 1 is 1.00 bits per heavy atom. The molecule has 0 saturated heterocycles. The first kappa shape index (κ1) is 20.1. The van der Waals surface area contributed by atoms with Gasteiger partial charge in [0.05, 0.1) is 17.7 Å². The first-order valence-corrected chi connectivity index (χ1v) is 10.9. The van der Waals surface area contributed by atoms with E-state index in [1.807, 2.05) is 12.1 Å². The summed E-state index contributed by atoms with van der Waals surface area (Å²) >= 11 is 0. The summed E-state index contributed by atoms with van der Waals surface area (Å²) in [6.07, 6.45) is 5.70. The molecule has 1 aromatic carbocycles. The van der Waals surface area contributed by atoms with E-state index in [9.17, 15) is 0 Å². The van der Waals surface area contributed by atoms with Gasteiger partial charge in [-0.15, -0.1) is 0 Å². The normalized spacial score (nSPS) is 21.0. The van der Waals surface area contributed by atoms with Gasteiger partial charge in [-0.05, 0) is 55.7 Å². The maximum absolute atomic E-state index is 8.89. The summed E-state index contributed by atoms with van der Waals surface area (Å²) in [7, 11) is 2.46. The zero-order chi connectivity index (χ0) is 18.1. The zero-order valence-electron chi connectivity index (χ0n) is 15.5. The molecule has 0 bridgehead atoms. The van der Waals surface area contributed by atoms with Gasteiger partial charge in [0.15, 0.2) is 0 Å². The van der Waals surface area contributed by atoms with Crippen molar-refractivity contribution < 1.29 is 18.0 Å². The molecule has 0 spiro atoms. The largest absolute Gasteiger partial charge is 0.500 e. The summed E-state index contributed by atoms with van der Waals surface area (Å²) in [6.45, 7) is 0.719. The molecule has 0 aromatic heterocycles. The molecule has 5 nitrogen and oxygen atoms in total. The first-order chi connectivity index (χ1) is 12.2. The maximum Gasteiger partial charge on any atom is 0.500 e. The Morgan fingerprint density at radius 3 is 2.12 bits per heavy atom. The number of hydrogen-bond acceptors (Lipinski definition) is 5.